The third-order valence-corrected chi connectivity index (χ3v) is 6.34. The summed E-state index contributed by atoms with van der Waals surface area (Å²) >= 11 is 0. The molecule has 4 N–H and O–H groups in total. The monoisotopic (exact) mass is 460 g/mol. The molecule has 33 heavy (non-hydrogen) atoms. The van der Waals surface area contributed by atoms with E-state index in [0.717, 1.165) is 12.0 Å². The molecule has 0 aromatic heterocycles. The predicted molar refractivity (Wildman–Crippen MR) is 119 cm³/mol. The van der Waals surface area contributed by atoms with Crippen LogP contribution in [-0.2, 0) is 25.5 Å². The molecule has 1 aliphatic carbocycles. The number of hydrogen-bond donors (Lipinski definition) is 4. The second-order valence-electron chi connectivity index (χ2n) is 8.64. The smallest absolute Gasteiger partial charge is 0.326 e. The zero-order valence-corrected chi connectivity index (χ0v) is 18.7. The Hall–Kier alpha value is -2.75. The number of carboxylic acid groups (broad SMARTS) is 1. The van der Waals surface area contributed by atoms with Crippen LogP contribution in [0.5, 0.6) is 0 Å². The number of carbonyl (C=O) groups is 3. The summed E-state index contributed by atoms with van der Waals surface area (Å²) in [6, 6.07) is 6.64. The molecule has 1 saturated heterocycles. The number of aliphatic hydroxyl groups is 2. The van der Waals surface area contributed by atoms with Crippen molar-refractivity contribution in [2.24, 2.45) is 5.92 Å². The number of aliphatic carboxylic acids is 1. The molecule has 1 amide bonds. The number of hydrogen-bond acceptors (Lipinski definition) is 7. The largest absolute Gasteiger partial charge is 0.480 e. The molecule has 1 aliphatic heterocycles. The number of carboxylic acids is 1. The van der Waals surface area contributed by atoms with Gasteiger partial charge in [-0.25, -0.2) is 4.79 Å². The van der Waals surface area contributed by atoms with Crippen LogP contribution in [0.15, 0.2) is 42.5 Å². The Labute approximate surface area is 193 Å². The third kappa shape index (κ3) is 5.98. The van der Waals surface area contributed by atoms with Crippen LogP contribution in [0, 0.1) is 5.92 Å². The van der Waals surface area contributed by atoms with E-state index in [1.165, 1.54) is 4.90 Å². The van der Waals surface area contributed by atoms with Gasteiger partial charge in [0.05, 0.1) is 25.3 Å². The number of nitrogens with one attached hydrogen (secondary N) is 1. The van der Waals surface area contributed by atoms with Crippen molar-refractivity contribution in [1.82, 2.24) is 10.2 Å². The van der Waals surface area contributed by atoms with Gasteiger partial charge in [0.1, 0.15) is 18.2 Å². The predicted octanol–water partition coefficient (Wildman–Crippen LogP) is 0.493. The Morgan fingerprint density at radius 2 is 1.88 bits per heavy atom. The lowest BCUT2D eigenvalue weighted by Gasteiger charge is -2.31. The van der Waals surface area contributed by atoms with E-state index in [0.29, 0.717) is 19.3 Å². The first kappa shape index (κ1) is 24.9. The highest BCUT2D eigenvalue weighted by atomic mass is 16.6. The van der Waals surface area contributed by atoms with Gasteiger partial charge in [0, 0.05) is 0 Å². The molecular formula is C24H32N2O7. The molecule has 2 aliphatic rings. The van der Waals surface area contributed by atoms with Crippen LogP contribution in [0.25, 0.3) is 0 Å². The van der Waals surface area contributed by atoms with Crippen molar-refractivity contribution in [3.05, 3.63) is 48.0 Å². The number of amides is 1. The maximum atomic E-state index is 13.3. The second kappa shape index (κ2) is 11.4. The summed E-state index contributed by atoms with van der Waals surface area (Å²) < 4.78 is 5.20. The molecule has 180 valence electrons. The molecule has 0 saturated carbocycles. The molecule has 5 atom stereocenters. The molecule has 9 nitrogen and oxygen atoms in total. The van der Waals surface area contributed by atoms with Gasteiger partial charge in [0.2, 0.25) is 5.91 Å². The molecular weight excluding hydrogens is 428 g/mol. The van der Waals surface area contributed by atoms with Crippen molar-refractivity contribution >= 4 is 17.8 Å². The van der Waals surface area contributed by atoms with E-state index in [4.69, 9.17) is 4.74 Å². The van der Waals surface area contributed by atoms with Crippen LogP contribution in [0.2, 0.25) is 0 Å². The first-order valence-corrected chi connectivity index (χ1v) is 11.3. The molecule has 0 unspecified atom stereocenters. The Morgan fingerprint density at radius 3 is 2.52 bits per heavy atom. The average molecular weight is 461 g/mol. The van der Waals surface area contributed by atoms with E-state index < -0.39 is 49.4 Å². The lowest BCUT2D eigenvalue weighted by molar-refractivity contribution is -0.157. The second-order valence-corrected chi connectivity index (χ2v) is 8.64. The Balaban J connectivity index is 1.72. The zero-order valence-electron chi connectivity index (χ0n) is 18.7. The number of rotatable bonds is 11. The summed E-state index contributed by atoms with van der Waals surface area (Å²) in [5, 5.41) is 31.2. The SMILES string of the molecule is C[C@H](N[C@@H](CCc1ccccc1)C(=O)OC(CO)CO)C(=O)N1[C@@H]2C=CC[C@H]2C[C@H]1C(=O)O. The van der Waals surface area contributed by atoms with Crippen LogP contribution in [0.4, 0.5) is 0 Å². The zero-order chi connectivity index (χ0) is 24.0. The van der Waals surface area contributed by atoms with Crippen LogP contribution in [0.1, 0.15) is 31.7 Å². The van der Waals surface area contributed by atoms with E-state index in [9.17, 15) is 29.7 Å². The van der Waals surface area contributed by atoms with Gasteiger partial charge in [-0.1, -0.05) is 42.5 Å². The number of likely N-dealkylation sites (tertiary alicyclic amines) is 1. The lowest BCUT2D eigenvalue weighted by atomic mass is 10.0. The van der Waals surface area contributed by atoms with E-state index in [2.05, 4.69) is 5.32 Å². The Kier molecular flexibility index (Phi) is 8.60. The average Bonchev–Trinajstić information content (AvgIpc) is 3.41. The van der Waals surface area contributed by atoms with Crippen LogP contribution in [0.3, 0.4) is 0 Å². The highest BCUT2D eigenvalue weighted by Crippen LogP contribution is 2.37. The van der Waals surface area contributed by atoms with E-state index in [1.54, 1.807) is 6.92 Å². The Bertz CT molecular complexity index is 856. The fourth-order valence-electron chi connectivity index (χ4n) is 4.57. The fraction of sp³-hybridized carbons (Fsp3) is 0.542. The molecule has 0 bridgehead atoms. The van der Waals surface area contributed by atoms with E-state index in [1.807, 2.05) is 42.5 Å². The number of fused-ring (bicyclic) bond motifs is 1. The topological polar surface area (TPSA) is 136 Å². The van der Waals surface area contributed by atoms with Crippen molar-refractivity contribution in [3.63, 3.8) is 0 Å². The molecule has 3 rings (SSSR count). The maximum Gasteiger partial charge on any atom is 0.326 e. The quantitative estimate of drug-likeness (QED) is 0.277. The van der Waals surface area contributed by atoms with Gasteiger partial charge in [0.25, 0.3) is 0 Å². The van der Waals surface area contributed by atoms with Gasteiger partial charge < -0.3 is 25.0 Å². The standard InChI is InChI=1S/C24H32N2O7/c1-15(22(29)26-20-9-5-8-17(20)12-21(26)23(30)31)25-19(24(32)33-18(13-27)14-28)11-10-16-6-3-2-4-7-16/h2-7,9,15,17-21,25,27-28H,8,10-14H2,1H3,(H,30,31)/t15-,17-,19-,20+,21-/m0/s1. The highest BCUT2D eigenvalue weighted by molar-refractivity contribution is 5.89. The number of benzene rings is 1. The van der Waals surface area contributed by atoms with Crippen molar-refractivity contribution in [2.75, 3.05) is 13.2 Å². The minimum Gasteiger partial charge on any atom is -0.480 e. The number of aliphatic hydroxyl groups excluding tert-OH is 2. The van der Waals surface area contributed by atoms with Crippen LogP contribution >= 0.6 is 0 Å². The van der Waals surface area contributed by atoms with Gasteiger partial charge >= 0.3 is 11.9 Å². The summed E-state index contributed by atoms with van der Waals surface area (Å²) in [4.78, 5) is 39.3. The number of esters is 1. The molecule has 1 aromatic carbocycles. The van der Waals surface area contributed by atoms with Crippen molar-refractivity contribution in [3.8, 4) is 0 Å². The van der Waals surface area contributed by atoms with Gasteiger partial charge in [-0.3, -0.25) is 14.9 Å². The van der Waals surface area contributed by atoms with E-state index in [-0.39, 0.29) is 17.9 Å². The molecule has 0 spiro atoms. The minimum absolute atomic E-state index is 0.0935. The molecule has 1 fully saturated rings. The van der Waals surface area contributed by atoms with Gasteiger partial charge in [-0.2, -0.15) is 0 Å². The Morgan fingerprint density at radius 1 is 1.18 bits per heavy atom. The fourth-order valence-corrected chi connectivity index (χ4v) is 4.57. The number of allylic oxidation sites excluding steroid dienone is 1. The normalized spacial score (nSPS) is 23.4. The summed E-state index contributed by atoms with van der Waals surface area (Å²) in [6.45, 7) is 0.558. The van der Waals surface area contributed by atoms with Crippen molar-refractivity contribution in [1.29, 1.82) is 0 Å². The van der Waals surface area contributed by atoms with E-state index >= 15 is 0 Å². The first-order chi connectivity index (χ1) is 15.8. The number of aryl methyl sites for hydroxylation is 1. The summed E-state index contributed by atoms with van der Waals surface area (Å²) in [6.07, 6.45) is 4.80. The molecule has 0 radical (unpaired) electrons. The minimum atomic E-state index is -1.05. The van der Waals surface area contributed by atoms with Gasteiger partial charge in [-0.15, -0.1) is 0 Å². The van der Waals surface area contributed by atoms with Crippen LogP contribution < -0.4 is 5.32 Å². The molecule has 1 aromatic rings. The summed E-state index contributed by atoms with van der Waals surface area (Å²) in [5.74, 6) is -2.02. The number of nitrogens with zero attached hydrogens (tertiary/aromatic N) is 1. The van der Waals surface area contributed by atoms with Crippen LogP contribution in [-0.4, -0.2) is 81.6 Å². The maximum absolute atomic E-state index is 13.3. The first-order valence-electron chi connectivity index (χ1n) is 11.3. The van der Waals surface area contributed by atoms with Gasteiger partial charge in [0.15, 0.2) is 0 Å². The molecule has 9 heteroatoms. The lowest BCUT2D eigenvalue weighted by Crippen LogP contribution is -2.55. The number of ether oxygens (including phenoxy) is 1. The highest BCUT2D eigenvalue weighted by Gasteiger charge is 2.48. The molecule has 1 heterocycles. The summed E-state index contributed by atoms with van der Waals surface area (Å²) in [5.41, 5.74) is 1.00. The van der Waals surface area contributed by atoms with Crippen molar-refractivity contribution < 1.29 is 34.4 Å². The van der Waals surface area contributed by atoms with Crippen molar-refractivity contribution in [2.45, 2.75) is 62.9 Å². The third-order valence-electron chi connectivity index (χ3n) is 6.34. The number of carbonyl (C=O) groups excluding carboxylic acids is 2. The summed E-state index contributed by atoms with van der Waals surface area (Å²) in [7, 11) is 0. The van der Waals surface area contributed by atoms with Gasteiger partial charge in [-0.05, 0) is 44.1 Å².